The summed E-state index contributed by atoms with van der Waals surface area (Å²) in [6, 6.07) is 3.90. The molecular formula is C12H15N3. The molecule has 1 aromatic heterocycles. The average molecular weight is 201 g/mol. The van der Waals surface area contributed by atoms with E-state index in [1.165, 1.54) is 0 Å². The minimum Gasteiger partial charge on any atom is -0.314 e. The van der Waals surface area contributed by atoms with E-state index >= 15 is 0 Å². The van der Waals surface area contributed by atoms with Crippen LogP contribution in [0, 0.1) is 11.8 Å². The van der Waals surface area contributed by atoms with Crippen LogP contribution in [0.1, 0.15) is 5.56 Å². The molecular weight excluding hydrogens is 186 g/mol. The molecule has 3 heteroatoms. The second-order valence-electron chi connectivity index (χ2n) is 3.57. The maximum atomic E-state index is 4.02. The van der Waals surface area contributed by atoms with E-state index in [0.717, 1.165) is 38.3 Å². The highest BCUT2D eigenvalue weighted by Gasteiger charge is 2.06. The molecule has 1 aliphatic heterocycles. The molecule has 1 saturated heterocycles. The Bertz CT molecular complexity index is 344. The summed E-state index contributed by atoms with van der Waals surface area (Å²) >= 11 is 0. The van der Waals surface area contributed by atoms with Crippen LogP contribution in [0.2, 0.25) is 0 Å². The van der Waals surface area contributed by atoms with E-state index in [2.05, 4.69) is 27.0 Å². The number of rotatable bonds is 1. The molecule has 0 radical (unpaired) electrons. The third-order valence-corrected chi connectivity index (χ3v) is 2.41. The Morgan fingerprint density at radius 3 is 3.00 bits per heavy atom. The second kappa shape index (κ2) is 5.50. The van der Waals surface area contributed by atoms with Crippen molar-refractivity contribution in [1.82, 2.24) is 15.2 Å². The SMILES string of the molecule is C(#Cc1cccnc1)CN1CCNCC1. The normalized spacial score (nSPS) is 16.8. The van der Waals surface area contributed by atoms with Gasteiger partial charge in [-0.15, -0.1) is 0 Å². The van der Waals surface area contributed by atoms with Gasteiger partial charge in [-0.3, -0.25) is 9.88 Å². The van der Waals surface area contributed by atoms with Crippen molar-refractivity contribution in [2.24, 2.45) is 0 Å². The van der Waals surface area contributed by atoms with Crippen LogP contribution in [-0.4, -0.2) is 42.6 Å². The Kier molecular flexibility index (Phi) is 3.72. The number of nitrogens with zero attached hydrogens (tertiary/aromatic N) is 2. The lowest BCUT2D eigenvalue weighted by molar-refractivity contribution is 0.268. The Morgan fingerprint density at radius 1 is 1.40 bits per heavy atom. The Balaban J connectivity index is 1.84. The van der Waals surface area contributed by atoms with Gasteiger partial charge in [0.15, 0.2) is 0 Å². The number of hydrogen-bond acceptors (Lipinski definition) is 3. The zero-order chi connectivity index (χ0) is 10.3. The van der Waals surface area contributed by atoms with E-state index in [-0.39, 0.29) is 0 Å². The van der Waals surface area contributed by atoms with Gasteiger partial charge in [-0.1, -0.05) is 11.8 Å². The van der Waals surface area contributed by atoms with Crippen molar-refractivity contribution in [2.75, 3.05) is 32.7 Å². The third-order valence-electron chi connectivity index (χ3n) is 2.41. The Labute approximate surface area is 90.5 Å². The highest BCUT2D eigenvalue weighted by Crippen LogP contribution is 1.93. The number of pyridine rings is 1. The topological polar surface area (TPSA) is 28.2 Å². The first-order chi connectivity index (χ1) is 7.45. The molecule has 1 fully saturated rings. The number of nitrogens with one attached hydrogen (secondary N) is 1. The summed E-state index contributed by atoms with van der Waals surface area (Å²) in [5.74, 6) is 6.30. The van der Waals surface area contributed by atoms with Crippen molar-refractivity contribution >= 4 is 0 Å². The molecule has 0 unspecified atom stereocenters. The lowest BCUT2D eigenvalue weighted by Crippen LogP contribution is -2.43. The summed E-state index contributed by atoms with van der Waals surface area (Å²) < 4.78 is 0. The van der Waals surface area contributed by atoms with Gasteiger partial charge in [0, 0.05) is 44.1 Å². The van der Waals surface area contributed by atoms with E-state index < -0.39 is 0 Å². The predicted octanol–water partition coefficient (Wildman–Crippen LogP) is 0.338. The summed E-state index contributed by atoms with van der Waals surface area (Å²) in [6.07, 6.45) is 3.56. The quantitative estimate of drug-likeness (QED) is 0.664. The lowest BCUT2D eigenvalue weighted by Gasteiger charge is -2.24. The van der Waals surface area contributed by atoms with Crippen molar-refractivity contribution in [2.45, 2.75) is 0 Å². The summed E-state index contributed by atoms with van der Waals surface area (Å²) in [7, 11) is 0. The Hall–Kier alpha value is -1.37. The molecule has 1 aliphatic rings. The molecule has 2 rings (SSSR count). The van der Waals surface area contributed by atoms with Crippen LogP contribution in [0.5, 0.6) is 0 Å². The van der Waals surface area contributed by atoms with Gasteiger partial charge in [-0.05, 0) is 12.1 Å². The van der Waals surface area contributed by atoms with E-state index in [1.54, 1.807) is 12.4 Å². The van der Waals surface area contributed by atoms with Crippen LogP contribution < -0.4 is 5.32 Å². The summed E-state index contributed by atoms with van der Waals surface area (Å²) in [5, 5.41) is 3.32. The molecule has 0 spiro atoms. The molecule has 0 aromatic carbocycles. The first-order valence-corrected chi connectivity index (χ1v) is 5.27. The first-order valence-electron chi connectivity index (χ1n) is 5.27. The van der Waals surface area contributed by atoms with Crippen molar-refractivity contribution in [3.8, 4) is 11.8 Å². The smallest absolute Gasteiger partial charge is 0.0606 e. The van der Waals surface area contributed by atoms with E-state index in [0.29, 0.717) is 0 Å². The third kappa shape index (κ3) is 3.35. The maximum absolute atomic E-state index is 4.02. The fraction of sp³-hybridized carbons (Fsp3) is 0.417. The van der Waals surface area contributed by atoms with E-state index in [4.69, 9.17) is 0 Å². The van der Waals surface area contributed by atoms with Crippen LogP contribution >= 0.6 is 0 Å². The summed E-state index contributed by atoms with van der Waals surface area (Å²) in [6.45, 7) is 5.21. The van der Waals surface area contributed by atoms with Crippen LogP contribution in [0.3, 0.4) is 0 Å². The van der Waals surface area contributed by atoms with Gasteiger partial charge in [-0.25, -0.2) is 0 Å². The molecule has 0 atom stereocenters. The fourth-order valence-electron chi connectivity index (χ4n) is 1.56. The van der Waals surface area contributed by atoms with Gasteiger partial charge < -0.3 is 5.32 Å². The van der Waals surface area contributed by atoms with Gasteiger partial charge in [-0.2, -0.15) is 0 Å². The molecule has 0 saturated carbocycles. The molecule has 0 bridgehead atoms. The zero-order valence-electron chi connectivity index (χ0n) is 8.74. The standard InChI is InChI=1S/C12H15N3/c1-3-12(11-14-5-1)4-2-8-15-9-6-13-7-10-15/h1,3,5,11,13H,6-10H2. The van der Waals surface area contributed by atoms with E-state index in [9.17, 15) is 0 Å². The summed E-state index contributed by atoms with van der Waals surface area (Å²) in [5.41, 5.74) is 0.993. The van der Waals surface area contributed by atoms with E-state index in [1.807, 2.05) is 12.1 Å². The number of aromatic nitrogens is 1. The van der Waals surface area contributed by atoms with Crippen LogP contribution in [0.15, 0.2) is 24.5 Å². The molecule has 0 amide bonds. The molecule has 0 aliphatic carbocycles. The van der Waals surface area contributed by atoms with Gasteiger partial charge in [0.25, 0.3) is 0 Å². The monoisotopic (exact) mass is 201 g/mol. The van der Waals surface area contributed by atoms with Crippen molar-refractivity contribution in [3.05, 3.63) is 30.1 Å². The minimum atomic E-state index is 0.858. The maximum Gasteiger partial charge on any atom is 0.0606 e. The predicted molar refractivity (Wildman–Crippen MR) is 60.4 cm³/mol. The zero-order valence-corrected chi connectivity index (χ0v) is 8.74. The van der Waals surface area contributed by atoms with Gasteiger partial charge in [0.2, 0.25) is 0 Å². The molecule has 78 valence electrons. The van der Waals surface area contributed by atoms with Crippen molar-refractivity contribution in [1.29, 1.82) is 0 Å². The number of hydrogen-bond donors (Lipinski definition) is 1. The minimum absolute atomic E-state index is 0.858. The van der Waals surface area contributed by atoms with Gasteiger partial charge in [0.05, 0.1) is 6.54 Å². The van der Waals surface area contributed by atoms with Crippen LogP contribution in [0.4, 0.5) is 0 Å². The van der Waals surface area contributed by atoms with Crippen molar-refractivity contribution in [3.63, 3.8) is 0 Å². The highest BCUT2D eigenvalue weighted by molar-refractivity contribution is 5.31. The molecule has 15 heavy (non-hydrogen) atoms. The lowest BCUT2D eigenvalue weighted by atomic mass is 10.3. The largest absolute Gasteiger partial charge is 0.314 e. The number of piperazine rings is 1. The first kappa shape index (κ1) is 10.2. The average Bonchev–Trinajstić information content (AvgIpc) is 2.32. The highest BCUT2D eigenvalue weighted by atomic mass is 15.2. The van der Waals surface area contributed by atoms with Crippen LogP contribution in [0.25, 0.3) is 0 Å². The molecule has 1 N–H and O–H groups in total. The molecule has 3 nitrogen and oxygen atoms in total. The van der Waals surface area contributed by atoms with Gasteiger partial charge >= 0.3 is 0 Å². The summed E-state index contributed by atoms with van der Waals surface area (Å²) in [4.78, 5) is 6.38. The molecule has 2 heterocycles. The van der Waals surface area contributed by atoms with Gasteiger partial charge in [0.1, 0.15) is 0 Å². The van der Waals surface area contributed by atoms with Crippen LogP contribution in [-0.2, 0) is 0 Å². The van der Waals surface area contributed by atoms with Crippen molar-refractivity contribution < 1.29 is 0 Å². The Morgan fingerprint density at radius 2 is 2.27 bits per heavy atom. The fourth-order valence-corrected chi connectivity index (χ4v) is 1.56. The second-order valence-corrected chi connectivity index (χ2v) is 3.57. The molecule has 1 aromatic rings.